The Morgan fingerprint density at radius 1 is 1.31 bits per heavy atom. The van der Waals surface area contributed by atoms with Crippen LogP contribution in [0.4, 0.5) is 0 Å². The van der Waals surface area contributed by atoms with Crippen LogP contribution in [0.25, 0.3) is 0 Å². The first-order chi connectivity index (χ1) is 7.68. The molecule has 0 radical (unpaired) electrons. The van der Waals surface area contributed by atoms with Crippen LogP contribution in [0.15, 0.2) is 41.8 Å². The van der Waals surface area contributed by atoms with Gasteiger partial charge in [0, 0.05) is 18.9 Å². The molecule has 7 heteroatoms. The maximum atomic E-state index is 11.7. The lowest BCUT2D eigenvalue weighted by Gasteiger charge is -2.03. The maximum absolute atomic E-state index is 11.7. The van der Waals surface area contributed by atoms with Crippen LogP contribution in [-0.2, 0) is 16.6 Å². The van der Waals surface area contributed by atoms with Gasteiger partial charge in [-0.1, -0.05) is 6.07 Å². The molecule has 6 nitrogen and oxygen atoms in total. The average Bonchev–Trinajstić information content (AvgIpc) is 2.82. The molecule has 0 aromatic carbocycles. The van der Waals surface area contributed by atoms with E-state index in [2.05, 4.69) is 19.9 Å². The van der Waals surface area contributed by atoms with Crippen molar-refractivity contribution < 1.29 is 8.42 Å². The summed E-state index contributed by atoms with van der Waals surface area (Å²) in [4.78, 5) is 3.89. The monoisotopic (exact) mass is 238 g/mol. The van der Waals surface area contributed by atoms with E-state index in [-0.39, 0.29) is 11.6 Å². The maximum Gasteiger partial charge on any atom is 0.257 e. The van der Waals surface area contributed by atoms with Gasteiger partial charge in [-0.3, -0.25) is 10.1 Å². The molecule has 0 aliphatic carbocycles. The SMILES string of the molecule is O=S(=O)(NCc1cccnc1)c1ccn[nH]1. The Hall–Kier alpha value is -1.73. The van der Waals surface area contributed by atoms with Gasteiger partial charge >= 0.3 is 0 Å². The molecule has 0 aliphatic rings. The summed E-state index contributed by atoms with van der Waals surface area (Å²) in [5, 5.41) is 6.04. The van der Waals surface area contributed by atoms with Crippen molar-refractivity contribution in [1.29, 1.82) is 0 Å². The van der Waals surface area contributed by atoms with Crippen LogP contribution in [0, 0.1) is 0 Å². The van der Waals surface area contributed by atoms with E-state index in [4.69, 9.17) is 0 Å². The van der Waals surface area contributed by atoms with Crippen molar-refractivity contribution in [2.45, 2.75) is 11.6 Å². The van der Waals surface area contributed by atoms with Crippen molar-refractivity contribution >= 4 is 10.0 Å². The topological polar surface area (TPSA) is 87.7 Å². The van der Waals surface area contributed by atoms with Crippen molar-refractivity contribution in [2.24, 2.45) is 0 Å². The summed E-state index contributed by atoms with van der Waals surface area (Å²) in [5.74, 6) is 0. The Bertz CT molecular complexity index is 536. The minimum atomic E-state index is -3.51. The molecule has 0 saturated carbocycles. The minimum absolute atomic E-state index is 0.0522. The molecule has 0 unspecified atom stereocenters. The van der Waals surface area contributed by atoms with Crippen LogP contribution < -0.4 is 4.72 Å². The van der Waals surface area contributed by atoms with Crippen molar-refractivity contribution in [3.05, 3.63) is 42.4 Å². The van der Waals surface area contributed by atoms with Crippen LogP contribution >= 0.6 is 0 Å². The van der Waals surface area contributed by atoms with Gasteiger partial charge in [0.05, 0.1) is 6.20 Å². The first kappa shape index (κ1) is 10.8. The van der Waals surface area contributed by atoms with E-state index < -0.39 is 10.0 Å². The van der Waals surface area contributed by atoms with Gasteiger partial charge in [0.1, 0.15) is 0 Å². The summed E-state index contributed by atoms with van der Waals surface area (Å²) >= 11 is 0. The summed E-state index contributed by atoms with van der Waals surface area (Å²) in [5.41, 5.74) is 0.797. The second-order valence-corrected chi connectivity index (χ2v) is 4.84. The molecule has 2 heterocycles. The zero-order valence-electron chi connectivity index (χ0n) is 8.29. The number of aromatic nitrogens is 3. The van der Waals surface area contributed by atoms with E-state index in [1.807, 2.05) is 0 Å². The largest absolute Gasteiger partial charge is 0.266 e. The fraction of sp³-hybridized carbons (Fsp3) is 0.111. The molecule has 2 aromatic rings. The number of hydrogen-bond donors (Lipinski definition) is 2. The molecule has 0 fully saturated rings. The van der Waals surface area contributed by atoms with Crippen LogP contribution in [-0.4, -0.2) is 23.6 Å². The number of nitrogens with one attached hydrogen (secondary N) is 2. The first-order valence-corrected chi connectivity index (χ1v) is 6.05. The molecular weight excluding hydrogens is 228 g/mol. The van der Waals surface area contributed by atoms with E-state index >= 15 is 0 Å². The van der Waals surface area contributed by atoms with Gasteiger partial charge in [-0.05, 0) is 17.7 Å². The second-order valence-electron chi connectivity index (χ2n) is 3.11. The molecule has 2 N–H and O–H groups in total. The van der Waals surface area contributed by atoms with E-state index in [0.29, 0.717) is 0 Å². The Balaban J connectivity index is 2.07. The molecule has 0 aliphatic heterocycles. The molecule has 0 saturated heterocycles. The summed E-state index contributed by atoms with van der Waals surface area (Å²) in [6, 6.07) is 4.94. The highest BCUT2D eigenvalue weighted by molar-refractivity contribution is 7.89. The van der Waals surface area contributed by atoms with E-state index in [1.54, 1.807) is 24.5 Å². The van der Waals surface area contributed by atoms with E-state index in [0.717, 1.165) is 5.56 Å². The molecule has 16 heavy (non-hydrogen) atoms. The Morgan fingerprint density at radius 2 is 2.19 bits per heavy atom. The lowest BCUT2D eigenvalue weighted by atomic mass is 10.3. The van der Waals surface area contributed by atoms with Gasteiger partial charge in [-0.25, -0.2) is 13.1 Å². The molecule has 0 spiro atoms. The van der Waals surface area contributed by atoms with Crippen molar-refractivity contribution in [1.82, 2.24) is 19.9 Å². The molecule has 0 bridgehead atoms. The lowest BCUT2D eigenvalue weighted by Crippen LogP contribution is -2.23. The molecular formula is C9H10N4O2S. The molecule has 84 valence electrons. The summed E-state index contributed by atoms with van der Waals surface area (Å²) in [6.07, 6.45) is 4.63. The number of pyridine rings is 1. The highest BCUT2D eigenvalue weighted by Gasteiger charge is 2.14. The standard InChI is InChI=1S/C9H10N4O2S/c14-16(15,9-3-5-11-13-9)12-7-8-2-1-4-10-6-8/h1-6,12H,7H2,(H,11,13). The lowest BCUT2D eigenvalue weighted by molar-refractivity contribution is 0.577. The fourth-order valence-corrected chi connectivity index (χ4v) is 2.08. The van der Waals surface area contributed by atoms with Gasteiger partial charge in [0.15, 0.2) is 5.03 Å². The van der Waals surface area contributed by atoms with Crippen molar-refractivity contribution in [2.75, 3.05) is 0 Å². The summed E-state index contributed by atoms with van der Waals surface area (Å²) in [7, 11) is -3.51. The predicted octanol–water partition coefficient (Wildman–Crippen LogP) is 0.283. The minimum Gasteiger partial charge on any atom is -0.266 e. The molecule has 0 amide bonds. The van der Waals surface area contributed by atoms with Crippen LogP contribution in [0.5, 0.6) is 0 Å². The third kappa shape index (κ3) is 2.44. The Kier molecular flexibility index (Phi) is 2.97. The number of sulfonamides is 1. The number of aromatic amines is 1. The second kappa shape index (κ2) is 4.42. The average molecular weight is 238 g/mol. The highest BCUT2D eigenvalue weighted by Crippen LogP contribution is 2.04. The molecule has 2 aromatic heterocycles. The van der Waals surface area contributed by atoms with Gasteiger partial charge in [-0.15, -0.1) is 0 Å². The number of hydrogen-bond acceptors (Lipinski definition) is 4. The number of rotatable bonds is 4. The van der Waals surface area contributed by atoms with Crippen LogP contribution in [0.1, 0.15) is 5.56 Å². The molecule has 2 rings (SSSR count). The van der Waals surface area contributed by atoms with E-state index in [1.165, 1.54) is 12.3 Å². The van der Waals surface area contributed by atoms with Crippen LogP contribution in [0.3, 0.4) is 0 Å². The summed E-state index contributed by atoms with van der Waals surface area (Å²) < 4.78 is 25.8. The highest BCUT2D eigenvalue weighted by atomic mass is 32.2. The van der Waals surface area contributed by atoms with Crippen LogP contribution in [0.2, 0.25) is 0 Å². The quantitative estimate of drug-likeness (QED) is 0.801. The third-order valence-corrected chi connectivity index (χ3v) is 3.28. The van der Waals surface area contributed by atoms with Gasteiger partial charge in [-0.2, -0.15) is 5.10 Å². The fourth-order valence-electron chi connectivity index (χ4n) is 1.15. The third-order valence-electron chi connectivity index (χ3n) is 1.95. The summed E-state index contributed by atoms with van der Waals surface area (Å²) in [6.45, 7) is 0.204. The normalized spacial score (nSPS) is 11.5. The van der Waals surface area contributed by atoms with Crippen molar-refractivity contribution in [3.63, 3.8) is 0 Å². The Morgan fingerprint density at radius 3 is 2.81 bits per heavy atom. The smallest absolute Gasteiger partial charge is 0.257 e. The molecule has 0 atom stereocenters. The van der Waals surface area contributed by atoms with Gasteiger partial charge in [0.2, 0.25) is 0 Å². The first-order valence-electron chi connectivity index (χ1n) is 4.56. The van der Waals surface area contributed by atoms with Gasteiger partial charge < -0.3 is 0 Å². The number of nitrogens with zero attached hydrogens (tertiary/aromatic N) is 2. The Labute approximate surface area is 92.8 Å². The predicted molar refractivity (Wildman–Crippen MR) is 56.9 cm³/mol. The number of H-pyrrole nitrogens is 1. The zero-order valence-corrected chi connectivity index (χ0v) is 9.11. The van der Waals surface area contributed by atoms with E-state index in [9.17, 15) is 8.42 Å². The zero-order chi connectivity index (χ0) is 11.4. The van der Waals surface area contributed by atoms with Crippen molar-refractivity contribution in [3.8, 4) is 0 Å². The van der Waals surface area contributed by atoms with Gasteiger partial charge in [0.25, 0.3) is 10.0 Å².